The van der Waals surface area contributed by atoms with Gasteiger partial charge in [0.15, 0.2) is 0 Å². The van der Waals surface area contributed by atoms with Gasteiger partial charge in [-0.1, -0.05) is 62.4 Å². The first-order valence-electron chi connectivity index (χ1n) is 5.82. The predicted octanol–water partition coefficient (Wildman–Crippen LogP) is 4.35. The summed E-state index contributed by atoms with van der Waals surface area (Å²) < 4.78 is 0. The van der Waals surface area contributed by atoms with E-state index in [1.807, 2.05) is 12.1 Å². The average molecular weight is 209 g/mol. The molecule has 1 radical (unpaired) electrons. The molecular formula is C16H17. The normalized spacial score (nSPS) is 10.7. The van der Waals surface area contributed by atoms with Crippen molar-refractivity contribution in [2.24, 2.45) is 5.92 Å². The van der Waals surface area contributed by atoms with Crippen LogP contribution < -0.4 is 0 Å². The van der Waals surface area contributed by atoms with Crippen LogP contribution in [0.4, 0.5) is 0 Å². The van der Waals surface area contributed by atoms with Crippen molar-refractivity contribution in [3.8, 4) is 11.1 Å². The highest BCUT2D eigenvalue weighted by molar-refractivity contribution is 5.66. The molecule has 0 aliphatic rings. The molecule has 0 saturated carbocycles. The monoisotopic (exact) mass is 209 g/mol. The summed E-state index contributed by atoms with van der Waals surface area (Å²) in [6.07, 6.45) is 1.12. The van der Waals surface area contributed by atoms with E-state index in [0.29, 0.717) is 5.92 Å². The van der Waals surface area contributed by atoms with Crippen LogP contribution in [0.5, 0.6) is 0 Å². The zero-order valence-electron chi connectivity index (χ0n) is 9.90. The Hall–Kier alpha value is -1.56. The molecule has 2 rings (SSSR count). The van der Waals surface area contributed by atoms with Crippen molar-refractivity contribution in [3.63, 3.8) is 0 Å². The first-order valence-corrected chi connectivity index (χ1v) is 5.82. The molecule has 0 atom stereocenters. The zero-order chi connectivity index (χ0) is 11.4. The third kappa shape index (κ3) is 2.52. The zero-order valence-corrected chi connectivity index (χ0v) is 9.90. The van der Waals surface area contributed by atoms with Gasteiger partial charge in [-0.2, -0.15) is 0 Å². The van der Waals surface area contributed by atoms with Gasteiger partial charge in [-0.05, 0) is 35.1 Å². The van der Waals surface area contributed by atoms with Gasteiger partial charge in [0.1, 0.15) is 0 Å². The smallest absolute Gasteiger partial charge is 0.00991 e. The van der Waals surface area contributed by atoms with Crippen LogP contribution in [0.1, 0.15) is 19.4 Å². The summed E-state index contributed by atoms with van der Waals surface area (Å²) in [7, 11) is 0. The number of benzene rings is 2. The maximum absolute atomic E-state index is 3.30. The molecule has 16 heavy (non-hydrogen) atoms. The van der Waals surface area contributed by atoms with Crippen LogP contribution in [0.2, 0.25) is 0 Å². The number of hydrogen-bond acceptors (Lipinski definition) is 0. The third-order valence-electron chi connectivity index (χ3n) is 2.64. The second-order valence-electron chi connectivity index (χ2n) is 4.53. The Morgan fingerprint density at radius 3 is 2.44 bits per heavy atom. The molecule has 0 unspecified atom stereocenters. The van der Waals surface area contributed by atoms with Crippen LogP contribution in [0, 0.1) is 12.0 Å². The summed E-state index contributed by atoms with van der Waals surface area (Å²) in [6, 6.07) is 20.1. The van der Waals surface area contributed by atoms with E-state index in [1.165, 1.54) is 16.7 Å². The molecule has 0 aliphatic carbocycles. The van der Waals surface area contributed by atoms with E-state index in [2.05, 4.69) is 56.3 Å². The first kappa shape index (κ1) is 10.9. The highest BCUT2D eigenvalue weighted by Crippen LogP contribution is 2.24. The second-order valence-corrected chi connectivity index (χ2v) is 4.53. The fourth-order valence-electron chi connectivity index (χ4n) is 1.96. The van der Waals surface area contributed by atoms with E-state index >= 15 is 0 Å². The molecule has 0 fully saturated rings. The third-order valence-corrected chi connectivity index (χ3v) is 2.64. The minimum Gasteiger partial charge on any atom is -0.0625 e. The molecule has 0 spiro atoms. The molecule has 0 bridgehead atoms. The van der Waals surface area contributed by atoms with Crippen molar-refractivity contribution in [1.82, 2.24) is 0 Å². The lowest BCUT2D eigenvalue weighted by Gasteiger charge is -2.11. The van der Waals surface area contributed by atoms with Gasteiger partial charge in [0.05, 0.1) is 0 Å². The van der Waals surface area contributed by atoms with Crippen molar-refractivity contribution < 1.29 is 0 Å². The predicted molar refractivity (Wildman–Crippen MR) is 69.3 cm³/mol. The van der Waals surface area contributed by atoms with Crippen molar-refractivity contribution in [1.29, 1.82) is 0 Å². The Morgan fingerprint density at radius 2 is 1.75 bits per heavy atom. The van der Waals surface area contributed by atoms with Gasteiger partial charge in [0, 0.05) is 0 Å². The maximum atomic E-state index is 3.30. The molecule has 0 aliphatic heterocycles. The number of hydrogen-bond donors (Lipinski definition) is 0. The maximum Gasteiger partial charge on any atom is -0.00991 e. The van der Waals surface area contributed by atoms with Crippen molar-refractivity contribution >= 4 is 0 Å². The molecule has 2 aromatic rings. The average Bonchev–Trinajstić information content (AvgIpc) is 2.30. The Kier molecular flexibility index (Phi) is 3.40. The fraction of sp³-hybridized carbons (Fsp3) is 0.250. The molecule has 2 aromatic carbocycles. The van der Waals surface area contributed by atoms with Gasteiger partial charge in [0.25, 0.3) is 0 Å². The van der Waals surface area contributed by atoms with E-state index in [4.69, 9.17) is 0 Å². The van der Waals surface area contributed by atoms with Crippen molar-refractivity contribution in [3.05, 3.63) is 60.2 Å². The summed E-state index contributed by atoms with van der Waals surface area (Å²) in [6.45, 7) is 4.51. The van der Waals surface area contributed by atoms with Gasteiger partial charge in [-0.3, -0.25) is 0 Å². The van der Waals surface area contributed by atoms with Crippen LogP contribution in [0.3, 0.4) is 0 Å². The number of rotatable bonds is 3. The van der Waals surface area contributed by atoms with Gasteiger partial charge < -0.3 is 0 Å². The van der Waals surface area contributed by atoms with Crippen LogP contribution in [0.25, 0.3) is 11.1 Å². The molecule has 0 saturated heterocycles. The molecule has 0 amide bonds. The molecule has 81 valence electrons. The van der Waals surface area contributed by atoms with Gasteiger partial charge in [-0.15, -0.1) is 0 Å². The highest BCUT2D eigenvalue weighted by atomic mass is 14.1. The van der Waals surface area contributed by atoms with Gasteiger partial charge in [0.2, 0.25) is 0 Å². The first-order chi connectivity index (χ1) is 7.77. The van der Waals surface area contributed by atoms with Gasteiger partial charge in [-0.25, -0.2) is 0 Å². The Balaban J connectivity index is 2.41. The summed E-state index contributed by atoms with van der Waals surface area (Å²) in [5.74, 6) is 0.685. The van der Waals surface area contributed by atoms with Crippen LogP contribution in [-0.2, 0) is 6.42 Å². The van der Waals surface area contributed by atoms with E-state index in [9.17, 15) is 0 Å². The van der Waals surface area contributed by atoms with Crippen LogP contribution in [0.15, 0.2) is 48.5 Å². The fourth-order valence-corrected chi connectivity index (χ4v) is 1.96. The van der Waals surface area contributed by atoms with Gasteiger partial charge >= 0.3 is 0 Å². The molecule has 0 nitrogen and oxygen atoms in total. The van der Waals surface area contributed by atoms with E-state index in [-0.39, 0.29) is 0 Å². The van der Waals surface area contributed by atoms with E-state index in [0.717, 1.165) is 6.42 Å². The van der Waals surface area contributed by atoms with Crippen molar-refractivity contribution in [2.75, 3.05) is 0 Å². The Bertz CT molecular complexity index is 441. The van der Waals surface area contributed by atoms with E-state index < -0.39 is 0 Å². The SMILES string of the molecule is CC(C)Cc1ccccc1-c1[c]cccc1. The second kappa shape index (κ2) is 4.98. The van der Waals surface area contributed by atoms with Crippen LogP contribution in [-0.4, -0.2) is 0 Å². The summed E-state index contributed by atoms with van der Waals surface area (Å²) in [5, 5.41) is 0. The van der Waals surface area contributed by atoms with Crippen molar-refractivity contribution in [2.45, 2.75) is 20.3 Å². The minimum atomic E-state index is 0.685. The largest absolute Gasteiger partial charge is 0.0625 e. The summed E-state index contributed by atoms with van der Waals surface area (Å²) >= 11 is 0. The lowest BCUT2D eigenvalue weighted by atomic mass is 9.94. The molecule has 0 heteroatoms. The molecule has 0 N–H and O–H groups in total. The molecule has 0 aromatic heterocycles. The quantitative estimate of drug-likeness (QED) is 0.705. The lowest BCUT2D eigenvalue weighted by molar-refractivity contribution is 0.648. The Morgan fingerprint density at radius 1 is 1.00 bits per heavy atom. The highest BCUT2D eigenvalue weighted by Gasteiger charge is 2.05. The van der Waals surface area contributed by atoms with Crippen LogP contribution >= 0.6 is 0 Å². The topological polar surface area (TPSA) is 0 Å². The molecular weight excluding hydrogens is 192 g/mol. The summed E-state index contributed by atoms with van der Waals surface area (Å²) in [4.78, 5) is 0. The lowest BCUT2D eigenvalue weighted by Crippen LogP contribution is -1.96. The molecule has 0 heterocycles. The minimum absolute atomic E-state index is 0.685. The summed E-state index contributed by atoms with van der Waals surface area (Å²) in [5.41, 5.74) is 3.93. The standard InChI is InChI=1S/C16H17/c1-13(2)12-15-10-6-7-11-16(15)14-8-4-3-5-9-14/h3-8,10-11,13H,12H2,1-2H3. The Labute approximate surface area is 97.9 Å². The van der Waals surface area contributed by atoms with E-state index in [1.54, 1.807) is 0 Å².